The van der Waals surface area contributed by atoms with Gasteiger partial charge in [-0.15, -0.1) is 6.58 Å². The maximum absolute atomic E-state index is 9.59. The Morgan fingerprint density at radius 1 is 1.50 bits per heavy atom. The fraction of sp³-hybridized carbons (Fsp3) is 0.357. The normalized spacial score (nSPS) is 11.1. The molecule has 0 bridgehead atoms. The molecule has 2 aromatic rings. The number of aliphatic hydroxyl groups excluding tert-OH is 1. The van der Waals surface area contributed by atoms with E-state index in [-0.39, 0.29) is 6.61 Å². The zero-order valence-electron chi connectivity index (χ0n) is 10.9. The summed E-state index contributed by atoms with van der Waals surface area (Å²) >= 11 is 0. The highest BCUT2D eigenvalue weighted by atomic mass is 16.3. The van der Waals surface area contributed by atoms with E-state index >= 15 is 0 Å². The Morgan fingerprint density at radius 3 is 2.89 bits per heavy atom. The maximum atomic E-state index is 9.59. The summed E-state index contributed by atoms with van der Waals surface area (Å²) in [5.74, 6) is 0.832. The van der Waals surface area contributed by atoms with Gasteiger partial charge >= 0.3 is 0 Å². The number of fused-ring (bicyclic) bond motifs is 1. The van der Waals surface area contributed by atoms with Crippen molar-refractivity contribution in [2.75, 3.05) is 11.4 Å². The molecule has 96 valence electrons. The Hall–Kier alpha value is -1.81. The van der Waals surface area contributed by atoms with E-state index < -0.39 is 0 Å². The van der Waals surface area contributed by atoms with Gasteiger partial charge in [-0.1, -0.05) is 12.1 Å². The van der Waals surface area contributed by atoms with Crippen molar-refractivity contribution >= 4 is 11.5 Å². The van der Waals surface area contributed by atoms with Crippen LogP contribution < -0.4 is 4.90 Å². The highest BCUT2D eigenvalue weighted by Crippen LogP contribution is 2.23. The van der Waals surface area contributed by atoms with Gasteiger partial charge in [0.25, 0.3) is 0 Å². The minimum absolute atomic E-state index is 0.0269. The van der Waals surface area contributed by atoms with Crippen LogP contribution in [0.15, 0.2) is 37.1 Å². The molecular formula is C14H19N3O. The number of aromatic nitrogens is 2. The molecule has 1 N–H and O–H groups in total. The zero-order chi connectivity index (χ0) is 13.1. The van der Waals surface area contributed by atoms with Crippen LogP contribution in [0.3, 0.4) is 0 Å². The molecule has 0 unspecified atom stereocenters. The summed E-state index contributed by atoms with van der Waals surface area (Å²) < 4.78 is 1.92. The molecule has 2 rings (SSSR count). The molecule has 0 radical (unpaired) electrons. The lowest BCUT2D eigenvalue weighted by atomic mass is 10.3. The molecule has 2 aromatic heterocycles. The number of imidazole rings is 1. The van der Waals surface area contributed by atoms with Crippen molar-refractivity contribution in [2.45, 2.75) is 26.5 Å². The highest BCUT2D eigenvalue weighted by Gasteiger charge is 2.18. The van der Waals surface area contributed by atoms with Gasteiger partial charge in [-0.25, -0.2) is 4.98 Å². The van der Waals surface area contributed by atoms with Gasteiger partial charge in [0.05, 0.1) is 12.3 Å². The Kier molecular flexibility index (Phi) is 3.67. The summed E-state index contributed by atoms with van der Waals surface area (Å²) in [4.78, 5) is 6.74. The maximum Gasteiger partial charge on any atom is 0.154 e. The van der Waals surface area contributed by atoms with E-state index in [2.05, 4.69) is 30.3 Å². The molecule has 0 aliphatic rings. The van der Waals surface area contributed by atoms with E-state index in [1.807, 2.05) is 34.9 Å². The van der Waals surface area contributed by atoms with Crippen LogP contribution >= 0.6 is 0 Å². The summed E-state index contributed by atoms with van der Waals surface area (Å²) in [7, 11) is 0. The highest BCUT2D eigenvalue weighted by molar-refractivity contribution is 5.56. The first-order chi connectivity index (χ1) is 8.69. The van der Waals surface area contributed by atoms with Gasteiger partial charge in [0.15, 0.2) is 5.82 Å². The Bertz CT molecular complexity index is 545. The number of pyridine rings is 1. The number of anilines is 1. The van der Waals surface area contributed by atoms with Crippen molar-refractivity contribution in [3.63, 3.8) is 0 Å². The number of aliphatic hydroxyl groups is 1. The molecule has 0 atom stereocenters. The molecular weight excluding hydrogens is 226 g/mol. The lowest BCUT2D eigenvalue weighted by molar-refractivity contribution is 0.276. The predicted molar refractivity (Wildman–Crippen MR) is 73.8 cm³/mol. The average molecular weight is 245 g/mol. The van der Waals surface area contributed by atoms with E-state index in [1.165, 1.54) is 0 Å². The molecule has 0 aromatic carbocycles. The largest absolute Gasteiger partial charge is 0.390 e. The SMILES string of the molecule is C=CCN(c1nc2ccccn2c1CO)C(C)C. The fourth-order valence-electron chi connectivity index (χ4n) is 2.09. The molecule has 4 nitrogen and oxygen atoms in total. The number of hydrogen-bond acceptors (Lipinski definition) is 3. The van der Waals surface area contributed by atoms with Gasteiger partial charge in [-0.3, -0.25) is 4.40 Å². The van der Waals surface area contributed by atoms with Gasteiger partial charge in [0.2, 0.25) is 0 Å². The average Bonchev–Trinajstić information content (AvgIpc) is 2.73. The van der Waals surface area contributed by atoms with Crippen LogP contribution in [0.5, 0.6) is 0 Å². The summed E-state index contributed by atoms with van der Waals surface area (Å²) in [6.07, 6.45) is 3.77. The van der Waals surface area contributed by atoms with Gasteiger partial charge < -0.3 is 10.0 Å². The van der Waals surface area contributed by atoms with Gasteiger partial charge in [-0.2, -0.15) is 0 Å². The lowest BCUT2D eigenvalue weighted by Crippen LogP contribution is -2.32. The first kappa shape index (κ1) is 12.6. The Labute approximate surface area is 107 Å². The first-order valence-corrected chi connectivity index (χ1v) is 6.13. The van der Waals surface area contributed by atoms with Crippen molar-refractivity contribution in [3.05, 3.63) is 42.7 Å². The monoisotopic (exact) mass is 245 g/mol. The number of nitrogens with zero attached hydrogens (tertiary/aromatic N) is 3. The van der Waals surface area contributed by atoms with E-state index in [4.69, 9.17) is 0 Å². The molecule has 18 heavy (non-hydrogen) atoms. The minimum atomic E-state index is -0.0269. The van der Waals surface area contributed by atoms with E-state index in [1.54, 1.807) is 0 Å². The molecule has 0 aliphatic carbocycles. The fourth-order valence-corrected chi connectivity index (χ4v) is 2.09. The molecule has 2 heterocycles. The van der Waals surface area contributed by atoms with Crippen molar-refractivity contribution < 1.29 is 5.11 Å². The number of rotatable bonds is 5. The lowest BCUT2D eigenvalue weighted by Gasteiger charge is -2.26. The van der Waals surface area contributed by atoms with Crippen LogP contribution in [0.25, 0.3) is 5.65 Å². The summed E-state index contributed by atoms with van der Waals surface area (Å²) in [5.41, 5.74) is 1.67. The molecule has 0 amide bonds. The topological polar surface area (TPSA) is 40.8 Å². The second-order valence-electron chi connectivity index (χ2n) is 4.50. The van der Waals surface area contributed by atoms with Crippen molar-refractivity contribution in [1.82, 2.24) is 9.38 Å². The van der Waals surface area contributed by atoms with Crippen molar-refractivity contribution in [2.24, 2.45) is 0 Å². The van der Waals surface area contributed by atoms with Crippen LogP contribution in [-0.2, 0) is 6.61 Å². The quantitative estimate of drug-likeness (QED) is 0.821. The summed E-state index contributed by atoms with van der Waals surface area (Å²) in [6, 6.07) is 6.12. The summed E-state index contributed by atoms with van der Waals surface area (Å²) in [5, 5.41) is 9.59. The Balaban J connectivity index is 2.57. The van der Waals surface area contributed by atoms with Crippen LogP contribution in [0, 0.1) is 0 Å². The van der Waals surface area contributed by atoms with Crippen LogP contribution in [0.4, 0.5) is 5.82 Å². The van der Waals surface area contributed by atoms with E-state index in [9.17, 15) is 5.11 Å². The van der Waals surface area contributed by atoms with Gasteiger partial charge in [0.1, 0.15) is 5.65 Å². The van der Waals surface area contributed by atoms with Crippen LogP contribution in [0.2, 0.25) is 0 Å². The second-order valence-corrected chi connectivity index (χ2v) is 4.50. The smallest absolute Gasteiger partial charge is 0.154 e. The molecule has 0 saturated heterocycles. The molecule has 0 aliphatic heterocycles. The molecule has 0 spiro atoms. The van der Waals surface area contributed by atoms with Crippen LogP contribution in [0.1, 0.15) is 19.5 Å². The third-order valence-corrected chi connectivity index (χ3v) is 2.98. The minimum Gasteiger partial charge on any atom is -0.390 e. The van der Waals surface area contributed by atoms with E-state index in [0.717, 1.165) is 17.2 Å². The summed E-state index contributed by atoms with van der Waals surface area (Å²) in [6.45, 7) is 8.68. The van der Waals surface area contributed by atoms with Gasteiger partial charge in [-0.05, 0) is 26.0 Å². The van der Waals surface area contributed by atoms with Crippen molar-refractivity contribution in [3.8, 4) is 0 Å². The third-order valence-electron chi connectivity index (χ3n) is 2.98. The molecule has 0 fully saturated rings. The first-order valence-electron chi connectivity index (χ1n) is 6.13. The van der Waals surface area contributed by atoms with Gasteiger partial charge in [0, 0.05) is 18.8 Å². The second kappa shape index (κ2) is 5.23. The molecule has 4 heteroatoms. The standard InChI is InChI=1S/C14H19N3O/c1-4-8-16(11(2)3)14-12(10-18)17-9-6-5-7-13(17)15-14/h4-7,9,11,18H,1,8,10H2,2-3H3. The number of hydrogen-bond donors (Lipinski definition) is 1. The predicted octanol–water partition coefficient (Wildman–Crippen LogP) is 2.23. The third kappa shape index (κ3) is 2.11. The van der Waals surface area contributed by atoms with Crippen molar-refractivity contribution in [1.29, 1.82) is 0 Å². The zero-order valence-corrected chi connectivity index (χ0v) is 10.9. The molecule has 0 saturated carbocycles. The Morgan fingerprint density at radius 2 is 2.28 bits per heavy atom. The van der Waals surface area contributed by atoms with E-state index in [0.29, 0.717) is 12.6 Å². The van der Waals surface area contributed by atoms with Crippen LogP contribution in [-0.4, -0.2) is 27.1 Å².